The van der Waals surface area contributed by atoms with Gasteiger partial charge < -0.3 is 14.3 Å². The van der Waals surface area contributed by atoms with E-state index in [0.29, 0.717) is 17.3 Å². The second kappa shape index (κ2) is 7.98. The normalized spacial score (nSPS) is 10.9. The topological polar surface area (TPSA) is 89.5 Å². The predicted molar refractivity (Wildman–Crippen MR) is 105 cm³/mol. The molecule has 0 bridgehead atoms. The molecule has 2 N–H and O–H groups in total. The molecule has 0 aliphatic carbocycles. The number of aromatic nitrogens is 2. The van der Waals surface area contributed by atoms with E-state index in [1.807, 2.05) is 60.7 Å². The lowest BCUT2D eigenvalue weighted by molar-refractivity contribution is 0.154. The number of furan rings is 1. The quantitative estimate of drug-likeness (QED) is 0.529. The number of nitrogens with one attached hydrogen (secondary N) is 1. The molecule has 0 radical (unpaired) electrons. The van der Waals surface area contributed by atoms with Crippen molar-refractivity contribution < 1.29 is 19.1 Å². The van der Waals surface area contributed by atoms with Crippen LogP contribution in [0, 0.1) is 0 Å². The van der Waals surface area contributed by atoms with Crippen molar-refractivity contribution in [3.63, 3.8) is 0 Å². The van der Waals surface area contributed by atoms with Crippen molar-refractivity contribution in [2.45, 2.75) is 13.2 Å². The molecule has 0 unspecified atom stereocenters. The molecule has 0 atom stereocenters. The standard InChI is InChI=1S/C21H19N3O4/c25-11-10-24-20(22-21(26)27-14-15-6-2-1-3-7-15)13-17(23-24)19-12-16-8-4-5-9-18(16)28-19/h1-9,12-13,25H,10-11,14H2,(H,22,26). The Morgan fingerprint density at radius 3 is 2.68 bits per heavy atom. The Morgan fingerprint density at radius 1 is 1.11 bits per heavy atom. The number of hydrogen-bond acceptors (Lipinski definition) is 5. The molecule has 4 rings (SSSR count). The Kier molecular flexibility index (Phi) is 5.07. The largest absolute Gasteiger partial charge is 0.454 e. The minimum atomic E-state index is -0.598. The number of anilines is 1. The zero-order valence-corrected chi connectivity index (χ0v) is 15.0. The second-order valence-corrected chi connectivity index (χ2v) is 6.20. The fourth-order valence-electron chi connectivity index (χ4n) is 2.87. The fraction of sp³-hybridized carbons (Fsp3) is 0.143. The summed E-state index contributed by atoms with van der Waals surface area (Å²) in [5.41, 5.74) is 2.21. The highest BCUT2D eigenvalue weighted by Crippen LogP contribution is 2.28. The van der Waals surface area contributed by atoms with Crippen LogP contribution in [0.5, 0.6) is 0 Å². The number of para-hydroxylation sites is 1. The summed E-state index contributed by atoms with van der Waals surface area (Å²) in [5.74, 6) is 1.00. The summed E-state index contributed by atoms with van der Waals surface area (Å²) in [6.07, 6.45) is -0.598. The monoisotopic (exact) mass is 377 g/mol. The van der Waals surface area contributed by atoms with E-state index in [0.717, 1.165) is 16.5 Å². The second-order valence-electron chi connectivity index (χ2n) is 6.20. The number of benzene rings is 2. The SMILES string of the molecule is O=C(Nc1cc(-c2cc3ccccc3o2)nn1CCO)OCc1ccccc1. The lowest BCUT2D eigenvalue weighted by Crippen LogP contribution is -2.17. The Labute approximate surface area is 161 Å². The first-order valence-corrected chi connectivity index (χ1v) is 8.88. The van der Waals surface area contributed by atoms with Crippen molar-refractivity contribution in [3.05, 3.63) is 72.3 Å². The molecule has 7 nitrogen and oxygen atoms in total. The maximum Gasteiger partial charge on any atom is 0.413 e. The minimum Gasteiger partial charge on any atom is -0.454 e. The lowest BCUT2D eigenvalue weighted by atomic mass is 10.2. The molecule has 0 saturated carbocycles. The van der Waals surface area contributed by atoms with Gasteiger partial charge in [-0.15, -0.1) is 0 Å². The van der Waals surface area contributed by atoms with Gasteiger partial charge in [0.25, 0.3) is 0 Å². The molecule has 4 aromatic rings. The van der Waals surface area contributed by atoms with Crippen LogP contribution in [0.1, 0.15) is 5.56 Å². The van der Waals surface area contributed by atoms with Crippen molar-refractivity contribution in [1.29, 1.82) is 0 Å². The highest BCUT2D eigenvalue weighted by Gasteiger charge is 2.15. The average Bonchev–Trinajstić information content (AvgIpc) is 3.32. The van der Waals surface area contributed by atoms with Crippen LogP contribution < -0.4 is 5.32 Å². The zero-order chi connectivity index (χ0) is 19.3. The van der Waals surface area contributed by atoms with Crippen LogP contribution in [0.25, 0.3) is 22.4 Å². The van der Waals surface area contributed by atoms with Crippen LogP contribution in [-0.4, -0.2) is 27.6 Å². The number of ether oxygens (including phenoxy) is 1. The molecule has 142 valence electrons. The number of carbonyl (C=O) groups is 1. The molecule has 0 saturated heterocycles. The molecule has 0 aliphatic rings. The van der Waals surface area contributed by atoms with Crippen LogP contribution in [0.15, 0.2) is 71.1 Å². The molecular formula is C21H19N3O4. The number of fused-ring (bicyclic) bond motifs is 1. The Balaban J connectivity index is 1.52. The number of nitrogens with zero attached hydrogens (tertiary/aromatic N) is 2. The molecule has 0 aliphatic heterocycles. The molecule has 2 heterocycles. The van der Waals surface area contributed by atoms with E-state index in [4.69, 9.17) is 9.15 Å². The first kappa shape index (κ1) is 17.8. The van der Waals surface area contributed by atoms with Gasteiger partial charge in [0.2, 0.25) is 0 Å². The summed E-state index contributed by atoms with van der Waals surface area (Å²) in [6.45, 7) is 0.279. The zero-order valence-electron chi connectivity index (χ0n) is 15.0. The van der Waals surface area contributed by atoms with E-state index in [9.17, 15) is 9.90 Å². The van der Waals surface area contributed by atoms with Crippen molar-refractivity contribution in [3.8, 4) is 11.5 Å². The van der Waals surface area contributed by atoms with Crippen molar-refractivity contribution in [2.75, 3.05) is 11.9 Å². The number of rotatable bonds is 6. The Hall–Kier alpha value is -3.58. The number of hydrogen-bond donors (Lipinski definition) is 2. The third-order valence-corrected chi connectivity index (χ3v) is 4.21. The van der Waals surface area contributed by atoms with Crippen LogP contribution >= 0.6 is 0 Å². The molecule has 1 amide bonds. The van der Waals surface area contributed by atoms with E-state index >= 15 is 0 Å². The smallest absolute Gasteiger partial charge is 0.413 e. The predicted octanol–water partition coefficient (Wildman–Crippen LogP) is 4.04. The van der Waals surface area contributed by atoms with Gasteiger partial charge in [0.05, 0.1) is 13.2 Å². The molecular weight excluding hydrogens is 358 g/mol. The van der Waals surface area contributed by atoms with Crippen LogP contribution in [0.3, 0.4) is 0 Å². The van der Waals surface area contributed by atoms with Crippen molar-refractivity contribution in [2.24, 2.45) is 0 Å². The first-order valence-electron chi connectivity index (χ1n) is 8.88. The van der Waals surface area contributed by atoms with Gasteiger partial charge in [-0.05, 0) is 17.7 Å². The molecule has 2 aromatic carbocycles. The van der Waals surface area contributed by atoms with Crippen LogP contribution in [-0.2, 0) is 17.9 Å². The van der Waals surface area contributed by atoms with Gasteiger partial charge >= 0.3 is 6.09 Å². The Morgan fingerprint density at radius 2 is 1.89 bits per heavy atom. The summed E-state index contributed by atoms with van der Waals surface area (Å²) < 4.78 is 12.6. The van der Waals surface area contributed by atoms with Gasteiger partial charge in [0.15, 0.2) is 5.76 Å². The van der Waals surface area contributed by atoms with E-state index < -0.39 is 6.09 Å². The molecule has 2 aromatic heterocycles. The summed E-state index contributed by atoms with van der Waals surface area (Å²) in [4.78, 5) is 12.2. The summed E-state index contributed by atoms with van der Waals surface area (Å²) in [5, 5.41) is 17.4. The molecule has 0 spiro atoms. The highest BCUT2D eigenvalue weighted by molar-refractivity contribution is 5.85. The first-order chi connectivity index (χ1) is 13.7. The number of carbonyl (C=O) groups excluding carboxylic acids is 1. The molecule has 7 heteroatoms. The number of aliphatic hydroxyl groups is 1. The van der Waals surface area contributed by atoms with Gasteiger partial charge in [-0.1, -0.05) is 48.5 Å². The van der Waals surface area contributed by atoms with Gasteiger partial charge in [-0.2, -0.15) is 5.10 Å². The third-order valence-electron chi connectivity index (χ3n) is 4.21. The fourth-order valence-corrected chi connectivity index (χ4v) is 2.87. The van der Waals surface area contributed by atoms with E-state index in [1.54, 1.807) is 6.07 Å². The average molecular weight is 377 g/mol. The number of amides is 1. The van der Waals surface area contributed by atoms with Gasteiger partial charge in [-0.3, -0.25) is 5.32 Å². The van der Waals surface area contributed by atoms with Gasteiger partial charge in [0.1, 0.15) is 23.7 Å². The van der Waals surface area contributed by atoms with Gasteiger partial charge in [0, 0.05) is 11.5 Å². The lowest BCUT2D eigenvalue weighted by Gasteiger charge is -2.08. The summed E-state index contributed by atoms with van der Waals surface area (Å²) in [6, 6.07) is 20.7. The number of aliphatic hydroxyl groups excluding tert-OH is 1. The van der Waals surface area contributed by atoms with E-state index in [2.05, 4.69) is 10.4 Å². The minimum absolute atomic E-state index is 0.116. The molecule has 28 heavy (non-hydrogen) atoms. The van der Waals surface area contributed by atoms with Gasteiger partial charge in [-0.25, -0.2) is 9.48 Å². The van der Waals surface area contributed by atoms with Crippen LogP contribution in [0.4, 0.5) is 10.6 Å². The maximum absolute atomic E-state index is 12.2. The third kappa shape index (κ3) is 3.89. The highest BCUT2D eigenvalue weighted by atomic mass is 16.5. The van der Waals surface area contributed by atoms with Crippen molar-refractivity contribution >= 4 is 22.9 Å². The van der Waals surface area contributed by atoms with E-state index in [-0.39, 0.29) is 19.8 Å². The maximum atomic E-state index is 12.2. The summed E-state index contributed by atoms with van der Waals surface area (Å²) in [7, 11) is 0. The Bertz CT molecular complexity index is 1050. The van der Waals surface area contributed by atoms with E-state index in [1.165, 1.54) is 4.68 Å². The summed E-state index contributed by atoms with van der Waals surface area (Å²) >= 11 is 0. The molecule has 0 fully saturated rings. The van der Waals surface area contributed by atoms with Crippen LogP contribution in [0.2, 0.25) is 0 Å². The van der Waals surface area contributed by atoms with Crippen molar-refractivity contribution in [1.82, 2.24) is 9.78 Å².